The van der Waals surface area contributed by atoms with E-state index in [1.54, 1.807) is 6.33 Å². The average Bonchev–Trinajstić information content (AvgIpc) is 2.88. The first-order valence-corrected chi connectivity index (χ1v) is 8.44. The van der Waals surface area contributed by atoms with Crippen LogP contribution in [0.1, 0.15) is 24.7 Å². The minimum atomic E-state index is 0.414. The smallest absolute Gasteiger partial charge is 0.138 e. The summed E-state index contributed by atoms with van der Waals surface area (Å²) in [5.41, 5.74) is 1.34. The summed E-state index contributed by atoms with van der Waals surface area (Å²) < 4.78 is 1.86. The van der Waals surface area contributed by atoms with E-state index in [9.17, 15) is 0 Å². The molecule has 0 aliphatic heterocycles. The summed E-state index contributed by atoms with van der Waals surface area (Å²) in [5.74, 6) is 2.08. The molecule has 0 saturated heterocycles. The Balaban J connectivity index is 1.96. The molecule has 21 heavy (non-hydrogen) atoms. The van der Waals surface area contributed by atoms with Gasteiger partial charge in [-0.2, -0.15) is 5.10 Å². The molecule has 0 spiro atoms. The summed E-state index contributed by atoms with van der Waals surface area (Å²) in [6, 6.07) is 8.97. The summed E-state index contributed by atoms with van der Waals surface area (Å²) >= 11 is 1.91. The van der Waals surface area contributed by atoms with Crippen molar-refractivity contribution in [2.75, 3.05) is 12.3 Å². The van der Waals surface area contributed by atoms with Crippen LogP contribution in [0.25, 0.3) is 0 Å². The van der Waals surface area contributed by atoms with Gasteiger partial charge in [0.25, 0.3) is 0 Å². The third-order valence-corrected chi connectivity index (χ3v) is 4.79. The predicted octanol–water partition coefficient (Wildman–Crippen LogP) is 2.83. The molecule has 0 saturated carbocycles. The normalized spacial score (nSPS) is 12.5. The Morgan fingerprint density at radius 2 is 2.14 bits per heavy atom. The lowest BCUT2D eigenvalue weighted by Gasteiger charge is -2.18. The van der Waals surface area contributed by atoms with Crippen molar-refractivity contribution in [1.82, 2.24) is 20.1 Å². The second kappa shape index (κ2) is 8.20. The first-order valence-electron chi connectivity index (χ1n) is 7.45. The van der Waals surface area contributed by atoms with Crippen LogP contribution in [0.4, 0.5) is 0 Å². The van der Waals surface area contributed by atoms with Gasteiger partial charge in [0.15, 0.2) is 0 Å². The largest absolute Gasteiger partial charge is 0.313 e. The zero-order chi connectivity index (χ0) is 15.1. The predicted molar refractivity (Wildman–Crippen MR) is 88.7 cm³/mol. The minimum absolute atomic E-state index is 0.414. The van der Waals surface area contributed by atoms with Gasteiger partial charge in [0, 0.05) is 30.2 Å². The van der Waals surface area contributed by atoms with Crippen LogP contribution in [-0.4, -0.2) is 33.1 Å². The molecule has 4 nitrogen and oxygen atoms in total. The first-order chi connectivity index (χ1) is 10.2. The number of nitrogens with one attached hydrogen (secondary N) is 1. The topological polar surface area (TPSA) is 42.7 Å². The molecule has 1 atom stereocenters. The van der Waals surface area contributed by atoms with Crippen molar-refractivity contribution >= 4 is 11.8 Å². The number of nitrogens with zero attached hydrogens (tertiary/aromatic N) is 3. The van der Waals surface area contributed by atoms with Crippen LogP contribution in [0.5, 0.6) is 0 Å². The molecule has 0 aliphatic rings. The lowest BCUT2D eigenvalue weighted by Crippen LogP contribution is -2.34. The van der Waals surface area contributed by atoms with Crippen molar-refractivity contribution in [1.29, 1.82) is 0 Å². The van der Waals surface area contributed by atoms with E-state index in [0.717, 1.165) is 31.0 Å². The minimum Gasteiger partial charge on any atom is -0.313 e. The maximum atomic E-state index is 4.34. The summed E-state index contributed by atoms with van der Waals surface area (Å²) in [5, 5.41) is 7.78. The molecule has 0 radical (unpaired) electrons. The maximum absolute atomic E-state index is 4.34. The molecule has 1 heterocycles. The molecule has 0 amide bonds. The number of aryl methyl sites for hydroxylation is 2. The fourth-order valence-corrected chi connectivity index (χ4v) is 3.26. The Bertz CT molecular complexity index is 553. The van der Waals surface area contributed by atoms with Gasteiger partial charge in [0.05, 0.1) is 0 Å². The van der Waals surface area contributed by atoms with Gasteiger partial charge in [-0.05, 0) is 31.5 Å². The number of hydrogen-bond donors (Lipinski definition) is 1. The number of benzene rings is 1. The quantitative estimate of drug-likeness (QED) is 0.762. The van der Waals surface area contributed by atoms with E-state index in [1.807, 2.05) is 23.5 Å². The number of rotatable bonds is 8. The number of hydrogen-bond acceptors (Lipinski definition) is 4. The van der Waals surface area contributed by atoms with E-state index < -0.39 is 0 Å². The first kappa shape index (κ1) is 16.0. The van der Waals surface area contributed by atoms with Crippen LogP contribution in [0.15, 0.2) is 35.5 Å². The van der Waals surface area contributed by atoms with Crippen LogP contribution in [0, 0.1) is 6.92 Å². The molecule has 0 bridgehead atoms. The Morgan fingerprint density at radius 1 is 1.33 bits per heavy atom. The SMILES string of the molecule is CCCNC(CSc1ccccc1C)Cc1ncnn1C. The van der Waals surface area contributed by atoms with Crippen LogP contribution >= 0.6 is 11.8 Å². The number of aromatic nitrogens is 3. The second-order valence-electron chi connectivity index (χ2n) is 5.23. The van der Waals surface area contributed by atoms with Crippen LogP contribution in [-0.2, 0) is 13.5 Å². The van der Waals surface area contributed by atoms with Gasteiger partial charge in [-0.3, -0.25) is 4.68 Å². The van der Waals surface area contributed by atoms with Crippen LogP contribution in [0.2, 0.25) is 0 Å². The van der Waals surface area contributed by atoms with Crippen molar-refractivity contribution < 1.29 is 0 Å². The fraction of sp³-hybridized carbons (Fsp3) is 0.500. The van der Waals surface area contributed by atoms with Gasteiger partial charge in [-0.1, -0.05) is 25.1 Å². The third-order valence-electron chi connectivity index (χ3n) is 3.45. The highest BCUT2D eigenvalue weighted by atomic mass is 32.2. The van der Waals surface area contributed by atoms with Crippen LogP contribution < -0.4 is 5.32 Å². The lowest BCUT2D eigenvalue weighted by molar-refractivity contribution is 0.526. The molecule has 5 heteroatoms. The summed E-state index contributed by atoms with van der Waals surface area (Å²) in [6.45, 7) is 5.40. The maximum Gasteiger partial charge on any atom is 0.138 e. The van der Waals surface area contributed by atoms with E-state index >= 15 is 0 Å². The summed E-state index contributed by atoms with van der Waals surface area (Å²) in [4.78, 5) is 5.70. The van der Waals surface area contributed by atoms with Crippen molar-refractivity contribution in [3.63, 3.8) is 0 Å². The fourth-order valence-electron chi connectivity index (χ4n) is 2.17. The Morgan fingerprint density at radius 3 is 2.81 bits per heavy atom. The molecule has 0 fully saturated rings. The standard InChI is InChI=1S/C16H24N4S/c1-4-9-17-14(10-16-18-12-19-20(16)3)11-21-15-8-6-5-7-13(15)2/h5-8,12,14,17H,4,9-11H2,1-3H3. The highest BCUT2D eigenvalue weighted by Crippen LogP contribution is 2.23. The highest BCUT2D eigenvalue weighted by Gasteiger charge is 2.13. The Hall–Kier alpha value is -1.33. The summed E-state index contributed by atoms with van der Waals surface area (Å²) in [7, 11) is 1.95. The van der Waals surface area contributed by atoms with Crippen molar-refractivity contribution in [2.45, 2.75) is 37.6 Å². The zero-order valence-corrected chi connectivity index (χ0v) is 13.9. The highest BCUT2D eigenvalue weighted by molar-refractivity contribution is 7.99. The van der Waals surface area contributed by atoms with Gasteiger partial charge < -0.3 is 5.32 Å². The molecule has 1 aromatic heterocycles. The van der Waals surface area contributed by atoms with Gasteiger partial charge in [-0.15, -0.1) is 11.8 Å². The van der Waals surface area contributed by atoms with Gasteiger partial charge in [0.1, 0.15) is 12.2 Å². The number of thioether (sulfide) groups is 1. The monoisotopic (exact) mass is 304 g/mol. The molecule has 1 N–H and O–H groups in total. The van der Waals surface area contributed by atoms with E-state index in [4.69, 9.17) is 0 Å². The van der Waals surface area contributed by atoms with E-state index in [0.29, 0.717) is 6.04 Å². The van der Waals surface area contributed by atoms with Gasteiger partial charge >= 0.3 is 0 Å². The zero-order valence-electron chi connectivity index (χ0n) is 13.0. The van der Waals surface area contributed by atoms with Crippen LogP contribution in [0.3, 0.4) is 0 Å². The molecule has 0 aliphatic carbocycles. The van der Waals surface area contributed by atoms with E-state index in [1.165, 1.54) is 10.5 Å². The average molecular weight is 304 g/mol. The van der Waals surface area contributed by atoms with E-state index in [2.05, 4.69) is 53.5 Å². The van der Waals surface area contributed by atoms with Crippen molar-refractivity contribution in [2.24, 2.45) is 7.05 Å². The Labute approximate surface area is 131 Å². The second-order valence-corrected chi connectivity index (χ2v) is 6.29. The molecule has 1 unspecified atom stereocenters. The van der Waals surface area contributed by atoms with Crippen molar-refractivity contribution in [3.8, 4) is 0 Å². The molecular formula is C16H24N4S. The molecule has 2 rings (SSSR count). The molecule has 114 valence electrons. The Kier molecular flexibility index (Phi) is 6.26. The lowest BCUT2D eigenvalue weighted by atomic mass is 10.2. The van der Waals surface area contributed by atoms with Gasteiger partial charge in [-0.25, -0.2) is 4.98 Å². The molecular weight excluding hydrogens is 280 g/mol. The molecule has 1 aromatic carbocycles. The molecule has 2 aromatic rings. The van der Waals surface area contributed by atoms with Gasteiger partial charge in [0.2, 0.25) is 0 Å². The third kappa shape index (κ3) is 4.86. The summed E-state index contributed by atoms with van der Waals surface area (Å²) in [6.07, 6.45) is 3.68. The van der Waals surface area contributed by atoms with Crippen molar-refractivity contribution in [3.05, 3.63) is 42.0 Å². The van der Waals surface area contributed by atoms with E-state index in [-0.39, 0.29) is 0 Å².